The molecule has 13 heavy (non-hydrogen) atoms. The summed E-state index contributed by atoms with van der Waals surface area (Å²) in [5, 5.41) is 12.6. The van der Waals surface area contributed by atoms with Gasteiger partial charge < -0.3 is 16.2 Å². The maximum atomic E-state index is 9.52. The molecule has 1 aromatic carbocycles. The topological polar surface area (TPSA) is 58.3 Å². The molecule has 0 spiro atoms. The Kier molecular flexibility index (Phi) is 3.73. The monoisotopic (exact) mass is 180 g/mol. The molecule has 0 amide bonds. The fourth-order valence-electron chi connectivity index (χ4n) is 1.15. The molecule has 1 aromatic rings. The van der Waals surface area contributed by atoms with Crippen LogP contribution in [0.25, 0.3) is 0 Å². The zero-order valence-electron chi connectivity index (χ0n) is 7.88. The van der Waals surface area contributed by atoms with Crippen LogP contribution in [0, 0.1) is 6.92 Å². The van der Waals surface area contributed by atoms with Gasteiger partial charge in [0, 0.05) is 25.2 Å². The Labute approximate surface area is 78.6 Å². The van der Waals surface area contributed by atoms with E-state index in [9.17, 15) is 5.11 Å². The lowest BCUT2D eigenvalue weighted by molar-refractivity contribution is 0.464. The summed E-state index contributed by atoms with van der Waals surface area (Å²) in [6.45, 7) is 4.01. The van der Waals surface area contributed by atoms with E-state index in [-0.39, 0.29) is 0 Å². The summed E-state index contributed by atoms with van der Waals surface area (Å²) >= 11 is 0. The summed E-state index contributed by atoms with van der Waals surface area (Å²) in [5.74, 6) is 0.351. The van der Waals surface area contributed by atoms with E-state index in [1.807, 2.05) is 19.1 Å². The Morgan fingerprint density at radius 3 is 2.85 bits per heavy atom. The molecule has 0 heterocycles. The van der Waals surface area contributed by atoms with Crippen LogP contribution in [-0.2, 0) is 6.54 Å². The molecule has 0 atom stereocenters. The molecule has 0 bridgehead atoms. The second kappa shape index (κ2) is 4.84. The van der Waals surface area contributed by atoms with Crippen molar-refractivity contribution in [3.05, 3.63) is 29.3 Å². The molecule has 0 aliphatic heterocycles. The Morgan fingerprint density at radius 1 is 1.46 bits per heavy atom. The Morgan fingerprint density at radius 2 is 2.23 bits per heavy atom. The molecule has 3 nitrogen and oxygen atoms in total. The van der Waals surface area contributed by atoms with Crippen LogP contribution in [0.4, 0.5) is 0 Å². The van der Waals surface area contributed by atoms with Crippen molar-refractivity contribution in [1.29, 1.82) is 0 Å². The molecule has 0 aliphatic rings. The van der Waals surface area contributed by atoms with Crippen LogP contribution < -0.4 is 11.1 Å². The predicted molar refractivity (Wildman–Crippen MR) is 53.6 cm³/mol. The number of rotatable bonds is 4. The summed E-state index contributed by atoms with van der Waals surface area (Å²) in [6, 6.07) is 5.67. The summed E-state index contributed by atoms with van der Waals surface area (Å²) < 4.78 is 0. The van der Waals surface area contributed by atoms with Gasteiger partial charge in [0.05, 0.1) is 0 Å². The third kappa shape index (κ3) is 3.05. The van der Waals surface area contributed by atoms with Gasteiger partial charge in [-0.15, -0.1) is 0 Å². The van der Waals surface area contributed by atoms with Crippen molar-refractivity contribution < 1.29 is 5.11 Å². The average molecular weight is 180 g/mol. The van der Waals surface area contributed by atoms with Crippen LogP contribution in [-0.4, -0.2) is 18.2 Å². The van der Waals surface area contributed by atoms with Gasteiger partial charge in [0.15, 0.2) is 0 Å². The summed E-state index contributed by atoms with van der Waals surface area (Å²) in [4.78, 5) is 0. The van der Waals surface area contributed by atoms with Gasteiger partial charge >= 0.3 is 0 Å². The third-order valence-electron chi connectivity index (χ3n) is 1.88. The molecule has 0 saturated heterocycles. The van der Waals surface area contributed by atoms with Crippen LogP contribution in [0.5, 0.6) is 5.75 Å². The highest BCUT2D eigenvalue weighted by Gasteiger charge is 1.99. The minimum atomic E-state index is 0.351. The Hall–Kier alpha value is -1.06. The van der Waals surface area contributed by atoms with E-state index in [4.69, 9.17) is 5.73 Å². The lowest BCUT2D eigenvalue weighted by Gasteiger charge is -2.06. The van der Waals surface area contributed by atoms with Gasteiger partial charge in [-0.25, -0.2) is 0 Å². The van der Waals surface area contributed by atoms with E-state index in [0.29, 0.717) is 18.8 Å². The van der Waals surface area contributed by atoms with Gasteiger partial charge in [-0.3, -0.25) is 0 Å². The molecule has 0 aliphatic carbocycles. The van der Waals surface area contributed by atoms with Gasteiger partial charge in [0.1, 0.15) is 5.75 Å². The van der Waals surface area contributed by atoms with Crippen molar-refractivity contribution in [3.8, 4) is 5.75 Å². The van der Waals surface area contributed by atoms with Crippen molar-refractivity contribution in [2.24, 2.45) is 5.73 Å². The average Bonchev–Trinajstić information content (AvgIpc) is 2.09. The molecule has 3 heteroatoms. The third-order valence-corrected chi connectivity index (χ3v) is 1.88. The van der Waals surface area contributed by atoms with E-state index in [1.165, 1.54) is 0 Å². The van der Waals surface area contributed by atoms with E-state index in [2.05, 4.69) is 5.32 Å². The number of phenols is 1. The molecule has 72 valence electrons. The first kappa shape index (κ1) is 10.0. The summed E-state index contributed by atoms with van der Waals surface area (Å²) in [6.07, 6.45) is 0. The van der Waals surface area contributed by atoms with E-state index >= 15 is 0 Å². The van der Waals surface area contributed by atoms with Crippen molar-refractivity contribution >= 4 is 0 Å². The summed E-state index contributed by atoms with van der Waals surface area (Å²) in [7, 11) is 0. The summed E-state index contributed by atoms with van der Waals surface area (Å²) in [5.41, 5.74) is 7.32. The number of benzene rings is 1. The van der Waals surface area contributed by atoms with Crippen LogP contribution in [0.3, 0.4) is 0 Å². The van der Waals surface area contributed by atoms with Gasteiger partial charge in [-0.2, -0.15) is 0 Å². The first-order valence-electron chi connectivity index (χ1n) is 4.43. The number of phenolic OH excluding ortho intramolecular Hbond substituents is 1. The van der Waals surface area contributed by atoms with Crippen LogP contribution in [0.1, 0.15) is 11.1 Å². The maximum Gasteiger partial charge on any atom is 0.120 e. The lowest BCUT2D eigenvalue weighted by atomic mass is 10.1. The molecule has 0 radical (unpaired) electrons. The lowest BCUT2D eigenvalue weighted by Crippen LogP contribution is -2.21. The highest BCUT2D eigenvalue weighted by atomic mass is 16.3. The second-order valence-electron chi connectivity index (χ2n) is 3.10. The van der Waals surface area contributed by atoms with Crippen LogP contribution in [0.2, 0.25) is 0 Å². The highest BCUT2D eigenvalue weighted by molar-refractivity contribution is 5.35. The zero-order valence-corrected chi connectivity index (χ0v) is 7.88. The predicted octanol–water partition coefficient (Wildman–Crippen LogP) is 0.749. The molecule has 0 aromatic heterocycles. The fraction of sp³-hybridized carbons (Fsp3) is 0.400. The number of aromatic hydroxyl groups is 1. The number of nitrogens with one attached hydrogen (secondary N) is 1. The molecular formula is C10H16N2O. The van der Waals surface area contributed by atoms with Crippen molar-refractivity contribution in [2.75, 3.05) is 13.1 Å². The number of hydrogen-bond donors (Lipinski definition) is 3. The van der Waals surface area contributed by atoms with Crippen molar-refractivity contribution in [2.45, 2.75) is 13.5 Å². The fourth-order valence-corrected chi connectivity index (χ4v) is 1.15. The minimum absolute atomic E-state index is 0.351. The smallest absolute Gasteiger partial charge is 0.120 e. The molecular weight excluding hydrogens is 164 g/mol. The Bertz CT molecular complexity index is 274. The van der Waals surface area contributed by atoms with Gasteiger partial charge in [-0.1, -0.05) is 12.1 Å². The minimum Gasteiger partial charge on any atom is -0.508 e. The second-order valence-corrected chi connectivity index (χ2v) is 3.10. The normalized spacial score (nSPS) is 10.3. The molecule has 4 N–H and O–H groups in total. The van der Waals surface area contributed by atoms with E-state index < -0.39 is 0 Å². The first-order valence-corrected chi connectivity index (χ1v) is 4.43. The largest absolute Gasteiger partial charge is 0.508 e. The number of aryl methyl sites for hydroxylation is 1. The molecule has 0 unspecified atom stereocenters. The SMILES string of the molecule is Cc1ccc(CNCCN)c(O)c1. The number of nitrogens with two attached hydrogens (primary N) is 1. The molecule has 0 saturated carbocycles. The van der Waals surface area contributed by atoms with Crippen LogP contribution in [0.15, 0.2) is 18.2 Å². The molecule has 0 fully saturated rings. The van der Waals surface area contributed by atoms with Crippen molar-refractivity contribution in [3.63, 3.8) is 0 Å². The van der Waals surface area contributed by atoms with E-state index in [1.54, 1.807) is 6.07 Å². The Balaban J connectivity index is 2.56. The highest BCUT2D eigenvalue weighted by Crippen LogP contribution is 2.17. The standard InChI is InChI=1S/C10H16N2O/c1-8-2-3-9(10(13)6-8)7-12-5-4-11/h2-3,6,12-13H,4-5,7,11H2,1H3. The van der Waals surface area contributed by atoms with Gasteiger partial charge in [-0.05, 0) is 18.6 Å². The van der Waals surface area contributed by atoms with E-state index in [0.717, 1.165) is 17.7 Å². The quantitative estimate of drug-likeness (QED) is 0.599. The first-order chi connectivity index (χ1) is 6.24. The van der Waals surface area contributed by atoms with Gasteiger partial charge in [0.25, 0.3) is 0 Å². The zero-order chi connectivity index (χ0) is 9.68. The molecule has 1 rings (SSSR count). The van der Waals surface area contributed by atoms with Gasteiger partial charge in [0.2, 0.25) is 0 Å². The van der Waals surface area contributed by atoms with Crippen LogP contribution >= 0.6 is 0 Å². The maximum absolute atomic E-state index is 9.52. The van der Waals surface area contributed by atoms with Crippen molar-refractivity contribution in [1.82, 2.24) is 5.32 Å². The number of hydrogen-bond acceptors (Lipinski definition) is 3.